The van der Waals surface area contributed by atoms with E-state index < -0.39 is 0 Å². The maximum absolute atomic E-state index is 2.39. The third-order valence-corrected chi connectivity index (χ3v) is 5.26. The molecule has 114 valence electrons. The predicted molar refractivity (Wildman–Crippen MR) is 95.4 cm³/mol. The van der Waals surface area contributed by atoms with Gasteiger partial charge in [-0.1, -0.05) is 44.2 Å². The summed E-state index contributed by atoms with van der Waals surface area (Å²) < 4.78 is 2.20. The molecule has 3 aromatic rings. The van der Waals surface area contributed by atoms with Gasteiger partial charge in [0.25, 0.3) is 0 Å². The summed E-state index contributed by atoms with van der Waals surface area (Å²) in [7, 11) is 2.11. The number of hydrogen-bond acceptors (Lipinski definition) is 0. The minimum Gasteiger partial charge on any atom is -0.201 e. The van der Waals surface area contributed by atoms with Crippen LogP contribution in [0.25, 0.3) is 22.4 Å². The van der Waals surface area contributed by atoms with Crippen LogP contribution < -0.4 is 4.57 Å². The van der Waals surface area contributed by atoms with Crippen molar-refractivity contribution in [2.45, 2.75) is 26.2 Å². The molecule has 0 radical (unpaired) electrons. The number of aromatic nitrogens is 1. The average Bonchev–Trinajstić information content (AvgIpc) is 2.76. The van der Waals surface area contributed by atoms with E-state index in [9.17, 15) is 0 Å². The Hall–Kier alpha value is -2.41. The minimum absolute atomic E-state index is 0.0775. The molecule has 0 bridgehead atoms. The minimum atomic E-state index is 0.0775. The molecule has 1 aliphatic carbocycles. The summed E-state index contributed by atoms with van der Waals surface area (Å²) in [5.74, 6) is 0. The van der Waals surface area contributed by atoms with Crippen molar-refractivity contribution in [3.63, 3.8) is 0 Å². The van der Waals surface area contributed by atoms with Crippen molar-refractivity contribution in [3.8, 4) is 22.4 Å². The Balaban J connectivity index is 2.02. The number of aryl methyl sites for hydroxylation is 2. The number of hydrogen-bond donors (Lipinski definition) is 0. The van der Waals surface area contributed by atoms with Crippen LogP contribution in [0.1, 0.15) is 30.5 Å². The van der Waals surface area contributed by atoms with Crippen molar-refractivity contribution in [1.82, 2.24) is 0 Å². The van der Waals surface area contributed by atoms with Crippen LogP contribution in [0, 0.1) is 6.92 Å². The zero-order valence-electron chi connectivity index (χ0n) is 14.2. The molecule has 0 saturated heterocycles. The second-order valence-electron chi connectivity index (χ2n) is 7.08. The SMILES string of the molecule is Cc1cc2c(cc1-c1cccc[n+]1C)-c1ccccc1C2(C)C. The molecule has 0 saturated carbocycles. The Morgan fingerprint density at radius 1 is 0.783 bits per heavy atom. The molecule has 1 nitrogen and oxygen atoms in total. The molecule has 0 fully saturated rings. The fourth-order valence-corrected chi connectivity index (χ4v) is 3.94. The molecule has 0 atom stereocenters. The predicted octanol–water partition coefficient (Wildman–Crippen LogP) is 4.79. The summed E-state index contributed by atoms with van der Waals surface area (Å²) in [5.41, 5.74) is 9.64. The van der Waals surface area contributed by atoms with Crippen LogP contribution in [0.15, 0.2) is 60.8 Å². The summed E-state index contributed by atoms with van der Waals surface area (Å²) >= 11 is 0. The van der Waals surface area contributed by atoms with Crippen molar-refractivity contribution >= 4 is 0 Å². The molecule has 0 amide bonds. The third-order valence-electron chi connectivity index (χ3n) is 5.26. The highest BCUT2D eigenvalue weighted by Gasteiger charge is 2.36. The van der Waals surface area contributed by atoms with E-state index in [1.165, 1.54) is 39.1 Å². The fourth-order valence-electron chi connectivity index (χ4n) is 3.94. The van der Waals surface area contributed by atoms with Crippen LogP contribution in [0.4, 0.5) is 0 Å². The zero-order chi connectivity index (χ0) is 16.2. The monoisotopic (exact) mass is 300 g/mol. The van der Waals surface area contributed by atoms with Gasteiger partial charge in [-0.05, 0) is 46.9 Å². The van der Waals surface area contributed by atoms with Gasteiger partial charge in [0.1, 0.15) is 7.05 Å². The van der Waals surface area contributed by atoms with E-state index in [-0.39, 0.29) is 5.41 Å². The maximum atomic E-state index is 2.39. The summed E-state index contributed by atoms with van der Waals surface area (Å²) in [4.78, 5) is 0. The lowest BCUT2D eigenvalue weighted by atomic mass is 9.81. The van der Waals surface area contributed by atoms with Gasteiger partial charge in [0.15, 0.2) is 6.20 Å². The maximum Gasteiger partial charge on any atom is 0.212 e. The zero-order valence-corrected chi connectivity index (χ0v) is 14.2. The number of benzene rings is 2. The summed E-state index contributed by atoms with van der Waals surface area (Å²) in [6.07, 6.45) is 2.11. The van der Waals surface area contributed by atoms with Gasteiger partial charge in [0.05, 0.1) is 0 Å². The van der Waals surface area contributed by atoms with Crippen LogP contribution in [-0.2, 0) is 12.5 Å². The standard InChI is InChI=1S/C22H22N/c1-15-13-20-18(14-17(15)21-11-7-8-12-23(21)4)16-9-5-6-10-19(16)22(20,2)3/h5-14H,1-4H3/q+1. The number of nitrogens with zero attached hydrogens (tertiary/aromatic N) is 1. The van der Waals surface area contributed by atoms with Crippen molar-refractivity contribution in [2.75, 3.05) is 0 Å². The smallest absolute Gasteiger partial charge is 0.201 e. The van der Waals surface area contributed by atoms with Crippen molar-refractivity contribution in [2.24, 2.45) is 7.05 Å². The van der Waals surface area contributed by atoms with Crippen molar-refractivity contribution in [1.29, 1.82) is 0 Å². The van der Waals surface area contributed by atoms with Crippen molar-refractivity contribution in [3.05, 3.63) is 77.5 Å². The van der Waals surface area contributed by atoms with Crippen molar-refractivity contribution < 1.29 is 4.57 Å². The highest BCUT2D eigenvalue weighted by atomic mass is 14.9. The van der Waals surface area contributed by atoms with Gasteiger partial charge in [-0.15, -0.1) is 0 Å². The Morgan fingerprint density at radius 3 is 2.30 bits per heavy atom. The molecule has 0 N–H and O–H groups in total. The highest BCUT2D eigenvalue weighted by molar-refractivity contribution is 5.84. The third kappa shape index (κ3) is 1.96. The molecule has 1 heterocycles. The van der Waals surface area contributed by atoms with Crippen LogP contribution in [0.5, 0.6) is 0 Å². The van der Waals surface area contributed by atoms with Crippen LogP contribution in [-0.4, -0.2) is 0 Å². The second-order valence-corrected chi connectivity index (χ2v) is 7.08. The second kappa shape index (κ2) is 4.79. The molecule has 0 unspecified atom stereocenters. The number of pyridine rings is 1. The van der Waals surface area contributed by atoms with Gasteiger partial charge in [-0.25, -0.2) is 4.57 Å². The first kappa shape index (κ1) is 14.2. The van der Waals surface area contributed by atoms with E-state index >= 15 is 0 Å². The van der Waals surface area contributed by atoms with Crippen LogP contribution in [0.2, 0.25) is 0 Å². The Morgan fingerprint density at radius 2 is 1.52 bits per heavy atom. The van der Waals surface area contributed by atoms with E-state index in [0.29, 0.717) is 0 Å². The fraction of sp³-hybridized carbons (Fsp3) is 0.227. The summed E-state index contributed by atoms with van der Waals surface area (Å²) in [6.45, 7) is 6.89. The summed E-state index contributed by atoms with van der Waals surface area (Å²) in [6, 6.07) is 20.0. The molecule has 1 aliphatic rings. The largest absolute Gasteiger partial charge is 0.212 e. The number of fused-ring (bicyclic) bond motifs is 3. The molecular weight excluding hydrogens is 278 g/mol. The first-order chi connectivity index (χ1) is 11.0. The lowest BCUT2D eigenvalue weighted by molar-refractivity contribution is -0.660. The first-order valence-electron chi connectivity index (χ1n) is 8.20. The number of rotatable bonds is 1. The molecule has 2 aromatic carbocycles. The van der Waals surface area contributed by atoms with E-state index in [1.54, 1.807) is 0 Å². The van der Waals surface area contributed by atoms with Gasteiger partial charge >= 0.3 is 0 Å². The Labute approximate surface area is 138 Å². The highest BCUT2D eigenvalue weighted by Crippen LogP contribution is 2.49. The topological polar surface area (TPSA) is 3.88 Å². The molecule has 4 rings (SSSR count). The summed E-state index contributed by atoms with van der Waals surface area (Å²) in [5, 5.41) is 0. The van der Waals surface area contributed by atoms with Gasteiger partial charge in [-0.3, -0.25) is 0 Å². The van der Waals surface area contributed by atoms with Gasteiger partial charge in [-0.2, -0.15) is 0 Å². The van der Waals surface area contributed by atoms with Gasteiger partial charge in [0, 0.05) is 23.1 Å². The lowest BCUT2D eigenvalue weighted by Gasteiger charge is -2.22. The lowest BCUT2D eigenvalue weighted by Crippen LogP contribution is -2.30. The quantitative estimate of drug-likeness (QED) is 0.569. The first-order valence-corrected chi connectivity index (χ1v) is 8.20. The van der Waals surface area contributed by atoms with E-state index in [0.717, 1.165) is 0 Å². The van der Waals surface area contributed by atoms with E-state index in [4.69, 9.17) is 0 Å². The Kier molecular flexibility index (Phi) is 2.96. The average molecular weight is 300 g/mol. The van der Waals surface area contributed by atoms with Crippen LogP contribution in [0.3, 0.4) is 0 Å². The van der Waals surface area contributed by atoms with Crippen LogP contribution >= 0.6 is 0 Å². The molecule has 0 spiro atoms. The molecule has 1 heteroatoms. The van der Waals surface area contributed by atoms with E-state index in [2.05, 4.69) is 93.2 Å². The molecular formula is C22H22N+. The molecule has 23 heavy (non-hydrogen) atoms. The van der Waals surface area contributed by atoms with E-state index in [1.807, 2.05) is 0 Å². The molecule has 0 aliphatic heterocycles. The van der Waals surface area contributed by atoms with Gasteiger partial charge < -0.3 is 0 Å². The normalized spacial score (nSPS) is 14.4. The van der Waals surface area contributed by atoms with Gasteiger partial charge in [0.2, 0.25) is 5.69 Å². The molecule has 1 aromatic heterocycles. The Bertz CT molecular complexity index is 919.